The van der Waals surface area contributed by atoms with Crippen LogP contribution in [0.25, 0.3) is 0 Å². The Kier molecular flexibility index (Phi) is 7.43. The zero-order chi connectivity index (χ0) is 23.8. The number of benzene rings is 2. The van der Waals surface area contributed by atoms with Gasteiger partial charge in [-0.25, -0.2) is 9.59 Å². The fraction of sp³-hybridized carbons (Fsp3) is 0.130. The molecule has 0 saturated carbocycles. The van der Waals surface area contributed by atoms with Crippen molar-refractivity contribution in [3.63, 3.8) is 0 Å². The number of hydrogen-bond donors (Lipinski definition) is 6. The number of anilines is 2. The number of carbonyl (C=O) groups excluding carboxylic acids is 2. The van der Waals surface area contributed by atoms with Crippen LogP contribution in [-0.4, -0.2) is 46.5 Å². The second kappa shape index (κ2) is 10.6. The van der Waals surface area contributed by atoms with Gasteiger partial charge >= 0.3 is 12.0 Å². The Hall–Kier alpha value is -4.60. The van der Waals surface area contributed by atoms with Crippen LogP contribution in [0.4, 0.5) is 16.2 Å². The molecule has 1 aliphatic heterocycles. The van der Waals surface area contributed by atoms with Gasteiger partial charge in [0.25, 0.3) is 5.91 Å². The van der Waals surface area contributed by atoms with Crippen LogP contribution in [0.3, 0.4) is 0 Å². The Morgan fingerprint density at radius 3 is 2.45 bits per heavy atom. The standard InChI is InChI=1S/C23H24N6O4/c24-22(25)27-18-6-4-5-16(14-18)20(30)26-17-9-7-15(8-10-17)13-19(21(31)32)28-23(33)29-11-2-1-3-12-29/h1-11,14,19H,12-13H2,(H,26,30)(H,28,33)(H,31,32)(H4,24,25,27). The highest BCUT2D eigenvalue weighted by atomic mass is 16.4. The van der Waals surface area contributed by atoms with Gasteiger partial charge in [0.1, 0.15) is 6.04 Å². The molecule has 2 aromatic rings. The van der Waals surface area contributed by atoms with Crippen molar-refractivity contribution in [3.8, 4) is 0 Å². The van der Waals surface area contributed by atoms with Gasteiger partial charge in [0.05, 0.1) is 0 Å². The zero-order valence-corrected chi connectivity index (χ0v) is 17.6. The van der Waals surface area contributed by atoms with Crippen molar-refractivity contribution in [1.29, 1.82) is 5.41 Å². The third kappa shape index (κ3) is 6.69. The molecule has 0 spiro atoms. The van der Waals surface area contributed by atoms with Crippen LogP contribution in [0.2, 0.25) is 0 Å². The summed E-state index contributed by atoms with van der Waals surface area (Å²) in [6, 6.07) is 11.6. The van der Waals surface area contributed by atoms with Gasteiger partial charge in [-0.1, -0.05) is 30.4 Å². The highest BCUT2D eigenvalue weighted by Gasteiger charge is 2.23. The van der Waals surface area contributed by atoms with E-state index in [0.29, 0.717) is 29.0 Å². The molecule has 1 heterocycles. The van der Waals surface area contributed by atoms with E-state index in [1.165, 1.54) is 4.90 Å². The molecule has 1 atom stereocenters. The summed E-state index contributed by atoms with van der Waals surface area (Å²) in [6.07, 6.45) is 6.96. The van der Waals surface area contributed by atoms with E-state index < -0.39 is 18.0 Å². The van der Waals surface area contributed by atoms with Crippen molar-refractivity contribution in [3.05, 3.63) is 84.1 Å². The van der Waals surface area contributed by atoms with E-state index in [2.05, 4.69) is 16.0 Å². The van der Waals surface area contributed by atoms with Gasteiger partial charge in [0.2, 0.25) is 0 Å². The summed E-state index contributed by atoms with van der Waals surface area (Å²) in [7, 11) is 0. The highest BCUT2D eigenvalue weighted by molar-refractivity contribution is 6.05. The number of rotatable bonds is 7. The van der Waals surface area contributed by atoms with Crippen LogP contribution in [-0.2, 0) is 11.2 Å². The van der Waals surface area contributed by atoms with Crippen LogP contribution in [0.15, 0.2) is 73.0 Å². The first kappa shape index (κ1) is 23.1. The van der Waals surface area contributed by atoms with E-state index in [1.807, 2.05) is 0 Å². The molecule has 1 unspecified atom stereocenters. The summed E-state index contributed by atoms with van der Waals surface area (Å²) < 4.78 is 0. The Morgan fingerprint density at radius 2 is 1.82 bits per heavy atom. The van der Waals surface area contributed by atoms with Crippen molar-refractivity contribution in [2.75, 3.05) is 17.2 Å². The fourth-order valence-electron chi connectivity index (χ4n) is 3.11. The number of carboxylic acids is 1. The number of nitrogens with zero attached hydrogens (tertiary/aromatic N) is 1. The molecular weight excluding hydrogens is 424 g/mol. The van der Waals surface area contributed by atoms with E-state index in [9.17, 15) is 19.5 Å². The van der Waals surface area contributed by atoms with E-state index >= 15 is 0 Å². The average Bonchev–Trinajstić information content (AvgIpc) is 2.80. The van der Waals surface area contributed by atoms with Gasteiger partial charge in [0.15, 0.2) is 5.96 Å². The van der Waals surface area contributed by atoms with Gasteiger partial charge in [-0.05, 0) is 42.0 Å². The summed E-state index contributed by atoms with van der Waals surface area (Å²) in [4.78, 5) is 37.8. The molecule has 2 aromatic carbocycles. The molecule has 1 aliphatic rings. The molecule has 3 amide bonds. The van der Waals surface area contributed by atoms with E-state index in [4.69, 9.17) is 11.1 Å². The lowest BCUT2D eigenvalue weighted by Gasteiger charge is -2.22. The zero-order valence-electron chi connectivity index (χ0n) is 17.6. The maximum atomic E-state index is 12.5. The van der Waals surface area contributed by atoms with Crippen molar-refractivity contribution in [2.45, 2.75) is 12.5 Å². The van der Waals surface area contributed by atoms with E-state index in [-0.39, 0.29) is 18.3 Å². The normalized spacial score (nSPS) is 13.2. The lowest BCUT2D eigenvalue weighted by molar-refractivity contribution is -0.139. The SMILES string of the molecule is N=C(N)Nc1cccc(C(=O)Nc2ccc(CC(NC(=O)N3C=CC=CC3)C(=O)O)cc2)c1. The molecule has 33 heavy (non-hydrogen) atoms. The van der Waals surface area contributed by atoms with Crippen molar-refractivity contribution >= 4 is 35.2 Å². The maximum Gasteiger partial charge on any atom is 0.326 e. The van der Waals surface area contributed by atoms with Crippen molar-refractivity contribution in [1.82, 2.24) is 10.2 Å². The Balaban J connectivity index is 1.60. The monoisotopic (exact) mass is 448 g/mol. The second-order valence-corrected chi connectivity index (χ2v) is 7.24. The summed E-state index contributed by atoms with van der Waals surface area (Å²) in [6.45, 7) is 0.372. The quantitative estimate of drug-likeness (QED) is 0.281. The summed E-state index contributed by atoms with van der Waals surface area (Å²) in [5.74, 6) is -1.73. The van der Waals surface area contributed by atoms with E-state index in [0.717, 1.165) is 0 Å². The number of carbonyl (C=O) groups is 3. The van der Waals surface area contributed by atoms with Gasteiger partial charge in [-0.15, -0.1) is 0 Å². The van der Waals surface area contributed by atoms with Crippen LogP contribution < -0.4 is 21.7 Å². The number of urea groups is 1. The topological polar surface area (TPSA) is 161 Å². The fourth-order valence-corrected chi connectivity index (χ4v) is 3.11. The summed E-state index contributed by atoms with van der Waals surface area (Å²) in [5, 5.41) is 24.7. The molecule has 0 bridgehead atoms. The maximum absolute atomic E-state index is 12.5. The average molecular weight is 448 g/mol. The Morgan fingerprint density at radius 1 is 1.06 bits per heavy atom. The number of hydrogen-bond acceptors (Lipinski definition) is 4. The smallest absolute Gasteiger partial charge is 0.326 e. The first-order valence-corrected chi connectivity index (χ1v) is 10.1. The lowest BCUT2D eigenvalue weighted by atomic mass is 10.1. The van der Waals surface area contributed by atoms with Crippen LogP contribution in [0.1, 0.15) is 15.9 Å². The number of allylic oxidation sites excluding steroid dienone is 2. The van der Waals surface area contributed by atoms with Crippen molar-refractivity contribution in [2.24, 2.45) is 5.73 Å². The Labute approximate surface area is 190 Å². The third-order valence-corrected chi connectivity index (χ3v) is 4.73. The highest BCUT2D eigenvalue weighted by Crippen LogP contribution is 2.15. The Bertz CT molecular complexity index is 1110. The summed E-state index contributed by atoms with van der Waals surface area (Å²) >= 11 is 0. The molecule has 0 fully saturated rings. The van der Waals surface area contributed by atoms with Crippen molar-refractivity contribution < 1.29 is 19.5 Å². The first-order chi connectivity index (χ1) is 15.8. The molecule has 10 nitrogen and oxygen atoms in total. The molecule has 10 heteroatoms. The number of guanidine groups is 1. The number of nitrogens with one attached hydrogen (secondary N) is 4. The molecule has 0 radical (unpaired) electrons. The molecule has 170 valence electrons. The summed E-state index contributed by atoms with van der Waals surface area (Å²) in [5.41, 5.74) is 7.41. The molecule has 7 N–H and O–H groups in total. The first-order valence-electron chi connectivity index (χ1n) is 10.1. The largest absolute Gasteiger partial charge is 0.480 e. The van der Waals surface area contributed by atoms with Crippen LogP contribution in [0, 0.1) is 5.41 Å². The van der Waals surface area contributed by atoms with Crippen LogP contribution in [0.5, 0.6) is 0 Å². The molecule has 0 aromatic heterocycles. The molecule has 3 rings (SSSR count). The minimum absolute atomic E-state index is 0.0848. The predicted molar refractivity (Wildman–Crippen MR) is 125 cm³/mol. The van der Waals surface area contributed by atoms with Crippen LogP contribution >= 0.6 is 0 Å². The van der Waals surface area contributed by atoms with Gasteiger partial charge < -0.3 is 26.8 Å². The lowest BCUT2D eigenvalue weighted by Crippen LogP contribution is -2.47. The van der Waals surface area contributed by atoms with Gasteiger partial charge in [-0.3, -0.25) is 15.1 Å². The minimum Gasteiger partial charge on any atom is -0.480 e. The number of amides is 3. The third-order valence-electron chi connectivity index (χ3n) is 4.73. The van der Waals surface area contributed by atoms with Gasteiger partial charge in [-0.2, -0.15) is 0 Å². The number of aliphatic carboxylic acids is 1. The van der Waals surface area contributed by atoms with E-state index in [1.54, 1.807) is 73.0 Å². The predicted octanol–water partition coefficient (Wildman–Crippen LogP) is 2.34. The molecule has 0 aliphatic carbocycles. The molecule has 0 saturated heterocycles. The number of carboxylic acid groups (broad SMARTS) is 1. The van der Waals surface area contributed by atoms with Gasteiger partial charge in [0, 0.05) is 36.1 Å². The number of nitrogens with two attached hydrogens (primary N) is 1. The molecular formula is C23H24N6O4. The second-order valence-electron chi connectivity index (χ2n) is 7.24. The minimum atomic E-state index is -1.14.